The van der Waals surface area contributed by atoms with E-state index in [-0.39, 0.29) is 5.92 Å². The van der Waals surface area contributed by atoms with E-state index in [1.165, 1.54) is 5.70 Å². The van der Waals surface area contributed by atoms with Crippen molar-refractivity contribution in [1.29, 1.82) is 0 Å². The average Bonchev–Trinajstić information content (AvgIpc) is 2.19. The van der Waals surface area contributed by atoms with Gasteiger partial charge in [-0.1, -0.05) is 0 Å². The van der Waals surface area contributed by atoms with Crippen LogP contribution in [0.3, 0.4) is 0 Å². The summed E-state index contributed by atoms with van der Waals surface area (Å²) < 4.78 is 0. The van der Waals surface area contributed by atoms with Gasteiger partial charge in [0.25, 0.3) is 0 Å². The van der Waals surface area contributed by atoms with E-state index in [2.05, 4.69) is 10.2 Å². The molecule has 0 aromatic heterocycles. The number of carbonyl (C=O) groups is 1. The molecule has 0 aromatic carbocycles. The first-order valence-electron chi connectivity index (χ1n) is 4.92. The standard InChI is InChI=1S/C10H16N2O/c1-7-9(8(2)10(7)13)12-5-3-11-4-6-12/h7,11H,3-6H2,1-2H3. The van der Waals surface area contributed by atoms with Gasteiger partial charge in [-0.15, -0.1) is 0 Å². The van der Waals surface area contributed by atoms with Crippen molar-refractivity contribution in [1.82, 2.24) is 10.2 Å². The van der Waals surface area contributed by atoms with Crippen molar-refractivity contribution in [2.45, 2.75) is 13.8 Å². The van der Waals surface area contributed by atoms with Crippen molar-refractivity contribution in [3.05, 3.63) is 11.3 Å². The van der Waals surface area contributed by atoms with E-state index in [9.17, 15) is 4.79 Å². The molecular weight excluding hydrogens is 164 g/mol. The summed E-state index contributed by atoms with van der Waals surface area (Å²) in [5.41, 5.74) is 2.26. The van der Waals surface area contributed by atoms with E-state index in [1.54, 1.807) is 0 Å². The largest absolute Gasteiger partial charge is 0.371 e. The highest BCUT2D eigenvalue weighted by atomic mass is 16.1. The molecule has 1 N–H and O–H groups in total. The number of ketones is 1. The normalized spacial score (nSPS) is 29.2. The van der Waals surface area contributed by atoms with Gasteiger partial charge in [-0.05, 0) is 13.8 Å². The van der Waals surface area contributed by atoms with Crippen molar-refractivity contribution in [2.24, 2.45) is 5.92 Å². The number of rotatable bonds is 1. The third-order valence-electron chi connectivity index (χ3n) is 3.01. The number of hydrogen-bond donors (Lipinski definition) is 1. The Morgan fingerprint density at radius 3 is 2.54 bits per heavy atom. The number of Topliss-reactive ketones (excluding diaryl/α,β-unsaturated/α-hetero) is 1. The summed E-state index contributed by atoms with van der Waals surface area (Å²) in [5.74, 6) is 0.478. The molecule has 3 nitrogen and oxygen atoms in total. The first kappa shape index (κ1) is 8.75. The average molecular weight is 180 g/mol. The first-order chi connectivity index (χ1) is 6.22. The summed E-state index contributed by atoms with van der Waals surface area (Å²) in [4.78, 5) is 13.7. The minimum atomic E-state index is 0.151. The molecule has 13 heavy (non-hydrogen) atoms. The molecule has 2 rings (SSSR count). The minimum absolute atomic E-state index is 0.151. The van der Waals surface area contributed by atoms with Gasteiger partial charge in [0.05, 0.1) is 5.92 Å². The summed E-state index contributed by atoms with van der Waals surface area (Å²) in [6.45, 7) is 8.12. The molecule has 2 aliphatic rings. The Labute approximate surface area is 78.8 Å². The monoisotopic (exact) mass is 180 g/mol. The Morgan fingerprint density at radius 1 is 1.38 bits per heavy atom. The smallest absolute Gasteiger partial charge is 0.168 e. The zero-order valence-electron chi connectivity index (χ0n) is 8.26. The Balaban J connectivity index is 2.12. The van der Waals surface area contributed by atoms with Crippen LogP contribution in [0.25, 0.3) is 0 Å². The van der Waals surface area contributed by atoms with Crippen molar-refractivity contribution in [2.75, 3.05) is 26.2 Å². The summed E-state index contributed by atoms with van der Waals surface area (Å²) in [5, 5.41) is 3.31. The predicted molar refractivity (Wildman–Crippen MR) is 51.3 cm³/mol. The maximum atomic E-state index is 11.3. The van der Waals surface area contributed by atoms with Crippen molar-refractivity contribution in [3.8, 4) is 0 Å². The third-order valence-corrected chi connectivity index (χ3v) is 3.01. The lowest BCUT2D eigenvalue weighted by atomic mass is 9.82. The van der Waals surface area contributed by atoms with Crippen molar-refractivity contribution in [3.63, 3.8) is 0 Å². The van der Waals surface area contributed by atoms with E-state index >= 15 is 0 Å². The van der Waals surface area contributed by atoms with Crippen LogP contribution in [-0.2, 0) is 4.79 Å². The zero-order valence-corrected chi connectivity index (χ0v) is 8.26. The molecule has 1 unspecified atom stereocenters. The van der Waals surface area contributed by atoms with Gasteiger partial charge in [0, 0.05) is 37.4 Å². The van der Waals surface area contributed by atoms with Gasteiger partial charge >= 0.3 is 0 Å². The highest BCUT2D eigenvalue weighted by Gasteiger charge is 2.36. The number of piperazine rings is 1. The highest BCUT2D eigenvalue weighted by molar-refractivity contribution is 6.05. The second-order valence-electron chi connectivity index (χ2n) is 3.83. The van der Waals surface area contributed by atoms with E-state index in [4.69, 9.17) is 0 Å². The zero-order chi connectivity index (χ0) is 9.42. The third kappa shape index (κ3) is 1.27. The molecule has 1 atom stereocenters. The molecule has 1 heterocycles. The Bertz CT molecular complexity index is 264. The number of carbonyl (C=O) groups excluding carboxylic acids is 1. The molecule has 1 saturated heterocycles. The molecule has 0 amide bonds. The van der Waals surface area contributed by atoms with Crippen molar-refractivity contribution < 1.29 is 4.79 Å². The molecule has 0 saturated carbocycles. The maximum Gasteiger partial charge on any atom is 0.168 e. The van der Waals surface area contributed by atoms with Crippen LogP contribution in [0, 0.1) is 5.92 Å². The highest BCUT2D eigenvalue weighted by Crippen LogP contribution is 2.32. The fourth-order valence-corrected chi connectivity index (χ4v) is 2.24. The quantitative estimate of drug-likeness (QED) is 0.633. The number of nitrogens with one attached hydrogen (secondary N) is 1. The van der Waals surface area contributed by atoms with Crippen LogP contribution in [0.15, 0.2) is 11.3 Å². The molecule has 72 valence electrons. The summed E-state index contributed by atoms with van der Waals surface area (Å²) in [6.07, 6.45) is 0. The Kier molecular flexibility index (Phi) is 2.12. The van der Waals surface area contributed by atoms with E-state index < -0.39 is 0 Å². The van der Waals surface area contributed by atoms with E-state index in [0.717, 1.165) is 31.8 Å². The second-order valence-corrected chi connectivity index (χ2v) is 3.83. The number of nitrogens with zero attached hydrogens (tertiary/aromatic N) is 1. The first-order valence-corrected chi connectivity index (χ1v) is 4.92. The molecular formula is C10H16N2O. The van der Waals surface area contributed by atoms with Gasteiger partial charge in [-0.3, -0.25) is 4.79 Å². The fourth-order valence-electron chi connectivity index (χ4n) is 2.24. The minimum Gasteiger partial charge on any atom is -0.371 e. The van der Waals surface area contributed by atoms with Crippen LogP contribution in [0.2, 0.25) is 0 Å². The van der Waals surface area contributed by atoms with Gasteiger partial charge in [0.1, 0.15) is 0 Å². The lowest BCUT2D eigenvalue weighted by Gasteiger charge is -2.40. The number of allylic oxidation sites excluding steroid dienone is 2. The molecule has 0 spiro atoms. The fraction of sp³-hybridized carbons (Fsp3) is 0.700. The molecule has 0 radical (unpaired) electrons. The van der Waals surface area contributed by atoms with Crippen LogP contribution < -0.4 is 5.32 Å². The maximum absolute atomic E-state index is 11.3. The summed E-state index contributed by atoms with van der Waals surface area (Å²) in [7, 11) is 0. The van der Waals surface area contributed by atoms with Crippen LogP contribution in [0.5, 0.6) is 0 Å². The van der Waals surface area contributed by atoms with Gasteiger partial charge in [0.15, 0.2) is 5.78 Å². The molecule has 3 heteroatoms. The Morgan fingerprint density at radius 2 is 2.00 bits per heavy atom. The molecule has 0 aromatic rings. The number of hydrogen-bond acceptors (Lipinski definition) is 3. The second kappa shape index (κ2) is 3.14. The SMILES string of the molecule is CC1=C(N2CCNCC2)C(C)C1=O. The molecule has 0 bridgehead atoms. The van der Waals surface area contributed by atoms with Gasteiger partial charge in [-0.2, -0.15) is 0 Å². The van der Waals surface area contributed by atoms with Gasteiger partial charge in [-0.25, -0.2) is 0 Å². The van der Waals surface area contributed by atoms with Crippen LogP contribution in [0.1, 0.15) is 13.8 Å². The lowest BCUT2D eigenvalue weighted by Crippen LogP contribution is -2.48. The topological polar surface area (TPSA) is 32.3 Å². The molecule has 1 aliphatic carbocycles. The van der Waals surface area contributed by atoms with Crippen LogP contribution in [0.4, 0.5) is 0 Å². The van der Waals surface area contributed by atoms with Gasteiger partial charge < -0.3 is 10.2 Å². The summed E-state index contributed by atoms with van der Waals surface area (Å²) in [6, 6.07) is 0. The predicted octanol–water partition coefficient (Wildman–Crippen LogP) is 0.384. The van der Waals surface area contributed by atoms with Crippen molar-refractivity contribution >= 4 is 5.78 Å². The lowest BCUT2D eigenvalue weighted by molar-refractivity contribution is -0.120. The molecule has 1 aliphatic heterocycles. The Hall–Kier alpha value is -0.830. The van der Waals surface area contributed by atoms with Crippen LogP contribution in [-0.4, -0.2) is 36.9 Å². The molecule has 1 fully saturated rings. The summed E-state index contributed by atoms with van der Waals surface area (Å²) >= 11 is 0. The van der Waals surface area contributed by atoms with E-state index in [0.29, 0.717) is 5.78 Å². The van der Waals surface area contributed by atoms with Crippen LogP contribution >= 0.6 is 0 Å². The van der Waals surface area contributed by atoms with Gasteiger partial charge in [0.2, 0.25) is 0 Å². The van der Waals surface area contributed by atoms with E-state index in [1.807, 2.05) is 13.8 Å².